The third-order valence-electron chi connectivity index (χ3n) is 3.93. The number of hydrogen-bond donors (Lipinski definition) is 1. The van der Waals surface area contributed by atoms with E-state index in [0.29, 0.717) is 12.1 Å². The number of aromatic carboxylic acids is 1. The molecule has 2 aromatic rings. The maximum absolute atomic E-state index is 12.4. The van der Waals surface area contributed by atoms with Gasteiger partial charge in [0.25, 0.3) is 0 Å². The first kappa shape index (κ1) is 18.7. The van der Waals surface area contributed by atoms with Crippen molar-refractivity contribution in [1.82, 2.24) is 19.9 Å². The van der Waals surface area contributed by atoms with Gasteiger partial charge in [0.15, 0.2) is 5.69 Å². The monoisotopic (exact) mass is 382 g/mol. The molecule has 0 saturated carbocycles. The van der Waals surface area contributed by atoms with Crippen LogP contribution in [0.4, 0.5) is 8.78 Å². The van der Waals surface area contributed by atoms with Crippen molar-refractivity contribution in [3.8, 4) is 5.75 Å². The number of morpholine rings is 1. The Morgan fingerprint density at radius 1 is 1.41 bits per heavy atom. The van der Waals surface area contributed by atoms with Crippen molar-refractivity contribution in [2.75, 3.05) is 19.7 Å². The summed E-state index contributed by atoms with van der Waals surface area (Å²) in [6, 6.07) is 6.13. The number of carbonyl (C=O) groups excluding carboxylic acids is 1. The topological polar surface area (TPSA) is 107 Å². The van der Waals surface area contributed by atoms with Gasteiger partial charge in [-0.1, -0.05) is 17.3 Å². The molecule has 1 aliphatic rings. The Hall–Kier alpha value is -3.08. The first-order chi connectivity index (χ1) is 12.9. The van der Waals surface area contributed by atoms with E-state index in [2.05, 4.69) is 15.0 Å². The summed E-state index contributed by atoms with van der Waals surface area (Å²) in [6.45, 7) is -2.25. The zero-order chi connectivity index (χ0) is 19.4. The molecular weight excluding hydrogens is 366 g/mol. The molecule has 1 aliphatic heterocycles. The predicted molar refractivity (Wildman–Crippen MR) is 85.3 cm³/mol. The number of carbonyl (C=O) groups is 2. The van der Waals surface area contributed by atoms with Crippen molar-refractivity contribution < 1.29 is 33.0 Å². The first-order valence-electron chi connectivity index (χ1n) is 8.00. The van der Waals surface area contributed by atoms with E-state index in [9.17, 15) is 18.4 Å². The number of benzene rings is 1. The van der Waals surface area contributed by atoms with Crippen LogP contribution < -0.4 is 4.74 Å². The largest absolute Gasteiger partial charge is 0.476 e. The fourth-order valence-electron chi connectivity index (χ4n) is 2.68. The van der Waals surface area contributed by atoms with Gasteiger partial charge >= 0.3 is 12.6 Å². The Bertz CT molecular complexity index is 829. The summed E-state index contributed by atoms with van der Waals surface area (Å²) in [5.74, 6) is -1.51. The quantitative estimate of drug-likeness (QED) is 0.799. The lowest BCUT2D eigenvalue weighted by Crippen LogP contribution is -2.43. The van der Waals surface area contributed by atoms with E-state index < -0.39 is 18.7 Å². The van der Waals surface area contributed by atoms with Crippen LogP contribution in [-0.4, -0.2) is 63.2 Å². The zero-order valence-electron chi connectivity index (χ0n) is 14.0. The first-order valence-corrected chi connectivity index (χ1v) is 8.00. The summed E-state index contributed by atoms with van der Waals surface area (Å²) in [5, 5.41) is 15.9. The fourth-order valence-corrected chi connectivity index (χ4v) is 2.68. The van der Waals surface area contributed by atoms with E-state index in [1.54, 1.807) is 12.1 Å². The fraction of sp³-hybridized carbons (Fsp3) is 0.375. The molecule has 1 unspecified atom stereocenters. The van der Waals surface area contributed by atoms with E-state index in [4.69, 9.17) is 9.84 Å². The Morgan fingerprint density at radius 2 is 2.22 bits per heavy atom. The van der Waals surface area contributed by atoms with Gasteiger partial charge in [0.1, 0.15) is 18.4 Å². The smallest absolute Gasteiger partial charge is 0.387 e. The third-order valence-corrected chi connectivity index (χ3v) is 3.93. The average molecular weight is 382 g/mol. The summed E-state index contributed by atoms with van der Waals surface area (Å²) < 4.78 is 35.9. The van der Waals surface area contributed by atoms with Gasteiger partial charge in [-0.05, 0) is 17.7 Å². The third kappa shape index (κ3) is 4.76. The van der Waals surface area contributed by atoms with Crippen molar-refractivity contribution >= 4 is 11.9 Å². The van der Waals surface area contributed by atoms with Crippen LogP contribution in [0.5, 0.6) is 5.75 Å². The van der Waals surface area contributed by atoms with Crippen LogP contribution in [0.3, 0.4) is 0 Å². The van der Waals surface area contributed by atoms with Gasteiger partial charge in [-0.2, -0.15) is 8.78 Å². The number of hydrogen-bond acceptors (Lipinski definition) is 6. The molecule has 1 amide bonds. The molecular formula is C16H16F2N4O5. The Morgan fingerprint density at radius 3 is 2.93 bits per heavy atom. The van der Waals surface area contributed by atoms with Gasteiger partial charge < -0.3 is 19.5 Å². The van der Waals surface area contributed by atoms with Crippen LogP contribution in [0, 0.1) is 0 Å². The number of rotatable bonds is 6. The number of carboxylic acids is 1. The molecule has 1 fully saturated rings. The molecule has 144 valence electrons. The number of carboxylic acid groups (broad SMARTS) is 1. The zero-order valence-corrected chi connectivity index (χ0v) is 14.0. The minimum absolute atomic E-state index is 0.0124. The SMILES string of the molecule is O=C(O)c1cn(CC(=O)N2CCOC(c3cccc(OC(F)F)c3)C2)nn1. The average Bonchev–Trinajstić information content (AvgIpc) is 3.10. The van der Waals surface area contributed by atoms with Gasteiger partial charge in [0.05, 0.1) is 19.3 Å². The lowest BCUT2D eigenvalue weighted by Gasteiger charge is -2.33. The van der Waals surface area contributed by atoms with Crippen LogP contribution >= 0.6 is 0 Å². The van der Waals surface area contributed by atoms with E-state index in [0.717, 1.165) is 4.68 Å². The lowest BCUT2D eigenvalue weighted by atomic mass is 10.1. The summed E-state index contributed by atoms with van der Waals surface area (Å²) in [6.07, 6.45) is 0.679. The second-order valence-corrected chi connectivity index (χ2v) is 5.76. The highest BCUT2D eigenvalue weighted by Crippen LogP contribution is 2.26. The van der Waals surface area contributed by atoms with Crippen LogP contribution in [0.15, 0.2) is 30.5 Å². The summed E-state index contributed by atoms with van der Waals surface area (Å²) in [5.41, 5.74) is 0.359. The number of aromatic nitrogens is 3. The minimum atomic E-state index is -2.93. The van der Waals surface area contributed by atoms with Crippen LogP contribution in [0.1, 0.15) is 22.2 Å². The van der Waals surface area contributed by atoms with E-state index in [1.807, 2.05) is 0 Å². The summed E-state index contributed by atoms with van der Waals surface area (Å²) >= 11 is 0. The molecule has 1 saturated heterocycles. The number of halogens is 2. The molecule has 0 bridgehead atoms. The van der Waals surface area contributed by atoms with Gasteiger partial charge in [0.2, 0.25) is 5.91 Å². The lowest BCUT2D eigenvalue weighted by molar-refractivity contribution is -0.139. The van der Waals surface area contributed by atoms with Crippen LogP contribution in [0.2, 0.25) is 0 Å². The predicted octanol–water partition coefficient (Wildman–Crippen LogP) is 1.18. The van der Waals surface area contributed by atoms with Crippen LogP contribution in [0.25, 0.3) is 0 Å². The highest BCUT2D eigenvalue weighted by atomic mass is 19.3. The number of amides is 1. The normalized spacial score (nSPS) is 17.1. The minimum Gasteiger partial charge on any atom is -0.476 e. The Balaban J connectivity index is 1.64. The van der Waals surface area contributed by atoms with E-state index in [1.165, 1.54) is 23.2 Å². The second-order valence-electron chi connectivity index (χ2n) is 5.76. The molecule has 0 radical (unpaired) electrons. The molecule has 2 heterocycles. The summed E-state index contributed by atoms with van der Waals surface area (Å²) in [7, 11) is 0. The molecule has 11 heteroatoms. The van der Waals surface area contributed by atoms with Gasteiger partial charge in [-0.15, -0.1) is 5.10 Å². The molecule has 1 atom stereocenters. The highest BCUT2D eigenvalue weighted by molar-refractivity contribution is 5.84. The molecule has 0 aliphatic carbocycles. The number of nitrogens with zero attached hydrogens (tertiary/aromatic N) is 4. The standard InChI is InChI=1S/C16H16F2N4O5/c17-16(18)27-11-3-1-2-10(6-11)13-8-21(4-5-26-13)14(23)9-22-7-12(15(24)25)19-20-22/h1-3,6-7,13,16H,4-5,8-9H2,(H,24,25). The van der Waals surface area contributed by atoms with Crippen molar-refractivity contribution in [2.24, 2.45) is 0 Å². The summed E-state index contributed by atoms with van der Waals surface area (Å²) in [4.78, 5) is 24.8. The molecule has 27 heavy (non-hydrogen) atoms. The highest BCUT2D eigenvalue weighted by Gasteiger charge is 2.26. The van der Waals surface area contributed by atoms with Crippen molar-refractivity contribution in [3.05, 3.63) is 41.7 Å². The maximum atomic E-state index is 12.4. The molecule has 3 rings (SSSR count). The van der Waals surface area contributed by atoms with Gasteiger partial charge in [-0.3, -0.25) is 4.79 Å². The van der Waals surface area contributed by atoms with Crippen molar-refractivity contribution in [3.63, 3.8) is 0 Å². The van der Waals surface area contributed by atoms with E-state index in [-0.39, 0.29) is 37.0 Å². The molecule has 1 aromatic heterocycles. The van der Waals surface area contributed by atoms with Crippen LogP contribution in [-0.2, 0) is 16.1 Å². The molecule has 1 N–H and O–H groups in total. The molecule has 0 spiro atoms. The van der Waals surface area contributed by atoms with Gasteiger partial charge in [-0.25, -0.2) is 9.48 Å². The number of alkyl halides is 2. The Labute approximate surface area is 152 Å². The Kier molecular flexibility index (Phi) is 5.60. The number of ether oxygens (including phenoxy) is 2. The van der Waals surface area contributed by atoms with Gasteiger partial charge in [0, 0.05) is 6.54 Å². The maximum Gasteiger partial charge on any atom is 0.387 e. The molecule has 9 nitrogen and oxygen atoms in total. The van der Waals surface area contributed by atoms with Crippen molar-refractivity contribution in [2.45, 2.75) is 19.3 Å². The van der Waals surface area contributed by atoms with Crippen molar-refractivity contribution in [1.29, 1.82) is 0 Å². The second kappa shape index (κ2) is 8.08. The van der Waals surface area contributed by atoms with E-state index >= 15 is 0 Å². The molecule has 1 aromatic carbocycles.